The lowest BCUT2D eigenvalue weighted by Crippen LogP contribution is -2.30. The van der Waals surface area contributed by atoms with E-state index < -0.39 is 0 Å². The molecule has 1 aromatic rings. The van der Waals surface area contributed by atoms with E-state index in [0.29, 0.717) is 13.0 Å². The van der Waals surface area contributed by atoms with Crippen LogP contribution in [0.4, 0.5) is 0 Å². The summed E-state index contributed by atoms with van der Waals surface area (Å²) in [5, 5.41) is 3.22. The second-order valence-electron chi connectivity index (χ2n) is 3.82. The molecule has 3 N–H and O–H groups in total. The van der Waals surface area contributed by atoms with Crippen molar-refractivity contribution in [1.82, 2.24) is 10.3 Å². The van der Waals surface area contributed by atoms with Gasteiger partial charge in [-0.2, -0.15) is 0 Å². The summed E-state index contributed by atoms with van der Waals surface area (Å²) in [4.78, 5) is 14.7. The zero-order chi connectivity index (χ0) is 11.3. The molecular weight excluding hydrogens is 190 g/mol. The Bertz CT molecular complexity index is 338. The van der Waals surface area contributed by atoms with Crippen LogP contribution in [0.1, 0.15) is 24.5 Å². The minimum absolute atomic E-state index is 0.100. The Kier molecular flexibility index (Phi) is 4.24. The number of aromatic nitrogens is 1. The van der Waals surface area contributed by atoms with Crippen LogP contribution in [0.3, 0.4) is 0 Å². The van der Waals surface area contributed by atoms with Crippen LogP contribution < -0.4 is 11.1 Å². The number of rotatable bonds is 5. The Hall–Kier alpha value is -1.42. The van der Waals surface area contributed by atoms with Crippen molar-refractivity contribution in [2.24, 2.45) is 5.73 Å². The minimum atomic E-state index is -0.280. The maximum atomic E-state index is 10.6. The molecule has 82 valence electrons. The predicted octanol–water partition coefficient (Wildman–Crippen LogP) is 0.744. The van der Waals surface area contributed by atoms with Gasteiger partial charge in [0.1, 0.15) is 0 Å². The van der Waals surface area contributed by atoms with Gasteiger partial charge >= 0.3 is 0 Å². The van der Waals surface area contributed by atoms with Crippen molar-refractivity contribution in [2.45, 2.75) is 32.9 Å². The third-order valence-corrected chi connectivity index (χ3v) is 2.09. The van der Waals surface area contributed by atoms with Crippen molar-refractivity contribution in [3.63, 3.8) is 0 Å². The van der Waals surface area contributed by atoms with Gasteiger partial charge in [0.2, 0.25) is 5.91 Å². The third kappa shape index (κ3) is 4.56. The first-order valence-electron chi connectivity index (χ1n) is 5.00. The van der Waals surface area contributed by atoms with Crippen LogP contribution in [0.15, 0.2) is 18.5 Å². The highest BCUT2D eigenvalue weighted by Crippen LogP contribution is 2.01. The lowest BCUT2D eigenvalue weighted by molar-refractivity contribution is -0.118. The first-order chi connectivity index (χ1) is 7.08. The van der Waals surface area contributed by atoms with Crippen LogP contribution >= 0.6 is 0 Å². The maximum Gasteiger partial charge on any atom is 0.218 e. The summed E-state index contributed by atoms with van der Waals surface area (Å²) in [6.45, 7) is 4.65. The summed E-state index contributed by atoms with van der Waals surface area (Å²) in [7, 11) is 0. The number of aryl methyl sites for hydroxylation is 1. The SMILES string of the molecule is Cc1cncc(CNC(C)CC(N)=O)c1. The fraction of sp³-hybridized carbons (Fsp3) is 0.455. The molecule has 0 saturated carbocycles. The molecule has 0 spiro atoms. The van der Waals surface area contributed by atoms with E-state index in [0.717, 1.165) is 11.1 Å². The molecule has 1 rings (SSSR count). The van der Waals surface area contributed by atoms with Crippen LogP contribution in [0, 0.1) is 6.92 Å². The molecule has 1 heterocycles. The average molecular weight is 207 g/mol. The van der Waals surface area contributed by atoms with Crippen LogP contribution in [0.5, 0.6) is 0 Å². The highest BCUT2D eigenvalue weighted by Gasteiger charge is 2.04. The predicted molar refractivity (Wildman–Crippen MR) is 59.1 cm³/mol. The summed E-state index contributed by atoms with van der Waals surface area (Å²) in [5.41, 5.74) is 7.35. The second-order valence-corrected chi connectivity index (χ2v) is 3.82. The maximum absolute atomic E-state index is 10.6. The topological polar surface area (TPSA) is 68.0 Å². The quantitative estimate of drug-likeness (QED) is 0.748. The molecular formula is C11H17N3O. The third-order valence-electron chi connectivity index (χ3n) is 2.09. The Balaban J connectivity index is 2.40. The number of hydrogen-bond donors (Lipinski definition) is 2. The van der Waals surface area contributed by atoms with Gasteiger partial charge in [-0.25, -0.2) is 0 Å². The number of nitrogens with zero attached hydrogens (tertiary/aromatic N) is 1. The number of hydrogen-bond acceptors (Lipinski definition) is 3. The number of nitrogens with two attached hydrogens (primary N) is 1. The number of nitrogens with one attached hydrogen (secondary N) is 1. The number of pyridine rings is 1. The lowest BCUT2D eigenvalue weighted by Gasteiger charge is -2.11. The molecule has 4 nitrogen and oxygen atoms in total. The summed E-state index contributed by atoms with van der Waals surface area (Å²) < 4.78 is 0. The van der Waals surface area contributed by atoms with E-state index in [4.69, 9.17) is 5.73 Å². The number of amides is 1. The van der Waals surface area contributed by atoms with Gasteiger partial charge in [0.15, 0.2) is 0 Å². The van der Waals surface area contributed by atoms with Gasteiger partial charge < -0.3 is 11.1 Å². The van der Waals surface area contributed by atoms with Crippen molar-refractivity contribution in [2.75, 3.05) is 0 Å². The summed E-state index contributed by atoms with van der Waals surface area (Å²) in [5.74, 6) is -0.280. The fourth-order valence-corrected chi connectivity index (χ4v) is 1.38. The van der Waals surface area contributed by atoms with Gasteiger partial charge in [-0.15, -0.1) is 0 Å². The molecule has 1 atom stereocenters. The molecule has 15 heavy (non-hydrogen) atoms. The lowest BCUT2D eigenvalue weighted by atomic mass is 10.2. The molecule has 0 aliphatic carbocycles. The first-order valence-corrected chi connectivity index (χ1v) is 5.00. The zero-order valence-corrected chi connectivity index (χ0v) is 9.16. The molecule has 0 aliphatic heterocycles. The Morgan fingerprint density at radius 1 is 1.60 bits per heavy atom. The molecule has 0 saturated heterocycles. The molecule has 1 unspecified atom stereocenters. The van der Waals surface area contributed by atoms with Gasteiger partial charge in [0.05, 0.1) is 0 Å². The van der Waals surface area contributed by atoms with Gasteiger partial charge in [-0.05, 0) is 25.0 Å². The van der Waals surface area contributed by atoms with E-state index in [-0.39, 0.29) is 11.9 Å². The van der Waals surface area contributed by atoms with Gasteiger partial charge in [0, 0.05) is 31.4 Å². The number of carbonyl (C=O) groups excluding carboxylic acids is 1. The van der Waals surface area contributed by atoms with Crippen LogP contribution in [0.25, 0.3) is 0 Å². The van der Waals surface area contributed by atoms with Crippen molar-refractivity contribution in [3.8, 4) is 0 Å². The monoisotopic (exact) mass is 207 g/mol. The van der Waals surface area contributed by atoms with Gasteiger partial charge in [-0.1, -0.05) is 6.07 Å². The van der Waals surface area contributed by atoms with E-state index in [1.54, 1.807) is 0 Å². The van der Waals surface area contributed by atoms with Gasteiger partial charge in [-0.3, -0.25) is 9.78 Å². The van der Waals surface area contributed by atoms with Crippen LogP contribution in [0.2, 0.25) is 0 Å². The number of primary amides is 1. The standard InChI is InChI=1S/C11H17N3O/c1-8-3-10(6-13-5-8)7-14-9(2)4-11(12)15/h3,5-6,9,14H,4,7H2,1-2H3,(H2,12,15). The highest BCUT2D eigenvalue weighted by atomic mass is 16.1. The summed E-state index contributed by atoms with van der Waals surface area (Å²) in [6, 6.07) is 2.17. The van der Waals surface area contributed by atoms with Crippen molar-refractivity contribution in [3.05, 3.63) is 29.6 Å². The molecule has 0 aliphatic rings. The van der Waals surface area contributed by atoms with E-state index in [1.807, 2.05) is 26.2 Å². The molecule has 0 fully saturated rings. The van der Waals surface area contributed by atoms with E-state index in [2.05, 4.69) is 16.4 Å². The largest absolute Gasteiger partial charge is 0.370 e. The van der Waals surface area contributed by atoms with Crippen molar-refractivity contribution in [1.29, 1.82) is 0 Å². The van der Waals surface area contributed by atoms with E-state index in [9.17, 15) is 4.79 Å². The molecule has 1 aromatic heterocycles. The van der Waals surface area contributed by atoms with Crippen LogP contribution in [-0.4, -0.2) is 16.9 Å². The highest BCUT2D eigenvalue weighted by molar-refractivity contribution is 5.74. The summed E-state index contributed by atoms with van der Waals surface area (Å²) in [6.07, 6.45) is 3.99. The van der Waals surface area contributed by atoms with Crippen LogP contribution in [-0.2, 0) is 11.3 Å². The number of carbonyl (C=O) groups is 1. The molecule has 1 amide bonds. The average Bonchev–Trinajstić information content (AvgIpc) is 2.14. The molecule has 0 aromatic carbocycles. The smallest absolute Gasteiger partial charge is 0.218 e. The normalized spacial score (nSPS) is 12.4. The van der Waals surface area contributed by atoms with E-state index in [1.165, 1.54) is 0 Å². The van der Waals surface area contributed by atoms with Crippen molar-refractivity contribution < 1.29 is 4.79 Å². The molecule has 0 radical (unpaired) electrons. The fourth-order valence-electron chi connectivity index (χ4n) is 1.38. The molecule has 0 bridgehead atoms. The summed E-state index contributed by atoms with van der Waals surface area (Å²) >= 11 is 0. The Morgan fingerprint density at radius 2 is 2.33 bits per heavy atom. The van der Waals surface area contributed by atoms with E-state index >= 15 is 0 Å². The first kappa shape index (κ1) is 11.7. The second kappa shape index (κ2) is 5.46. The minimum Gasteiger partial charge on any atom is -0.370 e. The molecule has 4 heteroatoms. The Labute approximate surface area is 89.9 Å². The zero-order valence-electron chi connectivity index (χ0n) is 9.16. The Morgan fingerprint density at radius 3 is 2.93 bits per heavy atom. The van der Waals surface area contributed by atoms with Crippen molar-refractivity contribution >= 4 is 5.91 Å². The van der Waals surface area contributed by atoms with Gasteiger partial charge in [0.25, 0.3) is 0 Å².